The van der Waals surface area contributed by atoms with Crippen LogP contribution < -0.4 is 5.32 Å². The number of nitrogens with one attached hydrogen (secondary N) is 1. The summed E-state index contributed by atoms with van der Waals surface area (Å²) in [6.07, 6.45) is 13.4. The Labute approximate surface area is 128 Å². The van der Waals surface area contributed by atoms with Crippen molar-refractivity contribution in [1.82, 2.24) is 10.3 Å². The molecule has 0 aliphatic heterocycles. The van der Waals surface area contributed by atoms with Crippen molar-refractivity contribution in [2.45, 2.75) is 64.0 Å². The second-order valence-electron chi connectivity index (χ2n) is 6.59. The monoisotopic (exact) mass is 288 g/mol. The Bertz CT molecular complexity index is 428. The predicted molar refractivity (Wildman–Crippen MR) is 85.3 cm³/mol. The molecule has 1 spiro atoms. The first-order chi connectivity index (χ1) is 10.3. The highest BCUT2D eigenvalue weighted by atomic mass is 16.5. The molecule has 116 valence electrons. The SMILES string of the molecule is CCOC1CC(NCCc2cccnc2)C12CCCCC2. The van der Waals surface area contributed by atoms with Crippen LogP contribution in [0.3, 0.4) is 0 Å². The summed E-state index contributed by atoms with van der Waals surface area (Å²) in [4.78, 5) is 4.19. The van der Waals surface area contributed by atoms with E-state index in [0.717, 1.165) is 19.6 Å². The summed E-state index contributed by atoms with van der Waals surface area (Å²) in [5.74, 6) is 0. The van der Waals surface area contributed by atoms with Gasteiger partial charge in [0.2, 0.25) is 0 Å². The molecule has 3 rings (SSSR count). The van der Waals surface area contributed by atoms with E-state index in [4.69, 9.17) is 4.74 Å². The number of hydrogen-bond acceptors (Lipinski definition) is 3. The summed E-state index contributed by atoms with van der Waals surface area (Å²) < 4.78 is 6.02. The summed E-state index contributed by atoms with van der Waals surface area (Å²) in [6, 6.07) is 4.84. The van der Waals surface area contributed by atoms with Crippen molar-refractivity contribution in [3.63, 3.8) is 0 Å². The molecule has 2 fully saturated rings. The molecule has 1 aromatic heterocycles. The predicted octanol–water partition coefficient (Wildman–Crippen LogP) is 3.34. The summed E-state index contributed by atoms with van der Waals surface area (Å²) in [6.45, 7) is 4.03. The van der Waals surface area contributed by atoms with Gasteiger partial charge in [-0.25, -0.2) is 0 Å². The molecule has 0 bridgehead atoms. The summed E-state index contributed by atoms with van der Waals surface area (Å²) >= 11 is 0. The number of rotatable bonds is 6. The van der Waals surface area contributed by atoms with E-state index in [1.54, 1.807) is 0 Å². The molecule has 2 saturated carbocycles. The van der Waals surface area contributed by atoms with E-state index in [9.17, 15) is 0 Å². The molecule has 0 saturated heterocycles. The average Bonchev–Trinajstić information content (AvgIpc) is 2.55. The molecule has 2 atom stereocenters. The molecule has 3 nitrogen and oxygen atoms in total. The van der Waals surface area contributed by atoms with Crippen LogP contribution in [0, 0.1) is 5.41 Å². The summed E-state index contributed by atoms with van der Waals surface area (Å²) in [5.41, 5.74) is 1.76. The van der Waals surface area contributed by atoms with Crippen molar-refractivity contribution >= 4 is 0 Å². The first kappa shape index (κ1) is 15.0. The summed E-state index contributed by atoms with van der Waals surface area (Å²) in [5, 5.41) is 3.81. The Morgan fingerprint density at radius 2 is 2.19 bits per heavy atom. The van der Waals surface area contributed by atoms with Crippen molar-refractivity contribution in [3.05, 3.63) is 30.1 Å². The minimum atomic E-state index is 0.434. The molecule has 2 unspecified atom stereocenters. The molecule has 0 amide bonds. The molecular weight excluding hydrogens is 260 g/mol. The third-order valence-corrected chi connectivity index (χ3v) is 5.46. The van der Waals surface area contributed by atoms with Crippen LogP contribution in [-0.2, 0) is 11.2 Å². The maximum absolute atomic E-state index is 6.02. The van der Waals surface area contributed by atoms with Gasteiger partial charge in [-0.2, -0.15) is 0 Å². The lowest BCUT2D eigenvalue weighted by Crippen LogP contribution is -2.64. The standard InChI is InChI=1S/C18H28N2O/c1-2-21-17-13-16(18(17)9-4-3-5-10-18)20-12-8-15-7-6-11-19-14-15/h6-7,11,14,16-17,20H,2-5,8-10,12-13H2,1H3. The highest BCUT2D eigenvalue weighted by molar-refractivity contribution is 5.11. The largest absolute Gasteiger partial charge is 0.378 e. The van der Waals surface area contributed by atoms with Crippen LogP contribution >= 0.6 is 0 Å². The zero-order chi connectivity index (χ0) is 14.5. The van der Waals surface area contributed by atoms with Crippen LogP contribution in [0.15, 0.2) is 24.5 Å². The maximum Gasteiger partial charge on any atom is 0.0661 e. The molecular formula is C18H28N2O. The van der Waals surface area contributed by atoms with Crippen molar-refractivity contribution in [3.8, 4) is 0 Å². The quantitative estimate of drug-likeness (QED) is 0.871. The fourth-order valence-corrected chi connectivity index (χ4v) is 4.29. The topological polar surface area (TPSA) is 34.1 Å². The van der Waals surface area contributed by atoms with E-state index in [0.29, 0.717) is 17.6 Å². The van der Waals surface area contributed by atoms with Gasteiger partial charge >= 0.3 is 0 Å². The third-order valence-electron chi connectivity index (χ3n) is 5.46. The lowest BCUT2D eigenvalue weighted by atomic mass is 9.55. The van der Waals surface area contributed by atoms with Crippen molar-refractivity contribution in [1.29, 1.82) is 0 Å². The van der Waals surface area contributed by atoms with Gasteiger partial charge in [-0.05, 0) is 50.8 Å². The number of aromatic nitrogens is 1. The molecule has 2 aliphatic rings. The lowest BCUT2D eigenvalue weighted by molar-refractivity contribution is -0.149. The lowest BCUT2D eigenvalue weighted by Gasteiger charge is -2.58. The molecule has 3 heteroatoms. The number of nitrogens with zero attached hydrogens (tertiary/aromatic N) is 1. The normalized spacial score (nSPS) is 27.5. The Morgan fingerprint density at radius 1 is 1.33 bits per heavy atom. The number of ether oxygens (including phenoxy) is 1. The van der Waals surface area contributed by atoms with Gasteiger partial charge < -0.3 is 10.1 Å². The van der Waals surface area contributed by atoms with Gasteiger partial charge in [0, 0.05) is 30.5 Å². The average molecular weight is 288 g/mol. The van der Waals surface area contributed by atoms with Gasteiger partial charge in [0.15, 0.2) is 0 Å². The van der Waals surface area contributed by atoms with Crippen LogP contribution in [-0.4, -0.2) is 30.3 Å². The fraction of sp³-hybridized carbons (Fsp3) is 0.722. The minimum Gasteiger partial charge on any atom is -0.378 e. The highest BCUT2D eigenvalue weighted by Crippen LogP contribution is 2.53. The smallest absolute Gasteiger partial charge is 0.0661 e. The van der Waals surface area contributed by atoms with Crippen LogP contribution in [0.2, 0.25) is 0 Å². The maximum atomic E-state index is 6.02. The number of hydrogen-bond donors (Lipinski definition) is 1. The van der Waals surface area contributed by atoms with Gasteiger partial charge in [-0.1, -0.05) is 25.3 Å². The number of pyridine rings is 1. The second-order valence-corrected chi connectivity index (χ2v) is 6.59. The molecule has 21 heavy (non-hydrogen) atoms. The zero-order valence-corrected chi connectivity index (χ0v) is 13.2. The van der Waals surface area contributed by atoms with E-state index in [-0.39, 0.29) is 0 Å². The first-order valence-electron chi connectivity index (χ1n) is 8.59. The van der Waals surface area contributed by atoms with E-state index in [1.807, 2.05) is 18.5 Å². The van der Waals surface area contributed by atoms with Crippen LogP contribution in [0.1, 0.15) is 51.0 Å². The molecule has 1 N–H and O–H groups in total. The second kappa shape index (κ2) is 6.89. The van der Waals surface area contributed by atoms with E-state index < -0.39 is 0 Å². The highest BCUT2D eigenvalue weighted by Gasteiger charge is 2.55. The molecule has 1 aromatic rings. The Balaban J connectivity index is 1.53. The Kier molecular flexibility index (Phi) is 4.91. The molecule has 1 heterocycles. The Hall–Kier alpha value is -0.930. The minimum absolute atomic E-state index is 0.434. The van der Waals surface area contributed by atoms with E-state index in [1.165, 1.54) is 44.1 Å². The zero-order valence-electron chi connectivity index (χ0n) is 13.2. The summed E-state index contributed by atoms with van der Waals surface area (Å²) in [7, 11) is 0. The van der Waals surface area contributed by atoms with Gasteiger partial charge in [0.05, 0.1) is 6.10 Å². The molecule has 0 aromatic carbocycles. The van der Waals surface area contributed by atoms with Crippen molar-refractivity contribution < 1.29 is 4.74 Å². The molecule has 2 aliphatic carbocycles. The van der Waals surface area contributed by atoms with Crippen molar-refractivity contribution in [2.24, 2.45) is 5.41 Å². The van der Waals surface area contributed by atoms with Crippen LogP contribution in [0.4, 0.5) is 0 Å². The third kappa shape index (κ3) is 3.14. The molecule has 0 radical (unpaired) electrons. The van der Waals surface area contributed by atoms with Gasteiger partial charge in [-0.15, -0.1) is 0 Å². The first-order valence-corrected chi connectivity index (χ1v) is 8.59. The fourth-order valence-electron chi connectivity index (χ4n) is 4.29. The van der Waals surface area contributed by atoms with E-state index in [2.05, 4.69) is 23.3 Å². The van der Waals surface area contributed by atoms with Gasteiger partial charge in [0.1, 0.15) is 0 Å². The van der Waals surface area contributed by atoms with Gasteiger partial charge in [0.25, 0.3) is 0 Å². The van der Waals surface area contributed by atoms with Crippen molar-refractivity contribution in [2.75, 3.05) is 13.2 Å². The Morgan fingerprint density at radius 3 is 2.90 bits per heavy atom. The van der Waals surface area contributed by atoms with Crippen LogP contribution in [0.25, 0.3) is 0 Å². The van der Waals surface area contributed by atoms with Gasteiger partial charge in [-0.3, -0.25) is 4.98 Å². The van der Waals surface area contributed by atoms with Crippen LogP contribution in [0.5, 0.6) is 0 Å². The van der Waals surface area contributed by atoms with E-state index >= 15 is 0 Å².